The van der Waals surface area contributed by atoms with Gasteiger partial charge in [0.1, 0.15) is 11.9 Å². The second-order valence-corrected chi connectivity index (χ2v) is 12.7. The third kappa shape index (κ3) is 6.48. The normalized spacial score (nSPS) is 21.1. The molecule has 206 valence electrons. The van der Waals surface area contributed by atoms with Gasteiger partial charge in [-0.3, -0.25) is 9.59 Å². The van der Waals surface area contributed by atoms with Crippen molar-refractivity contribution >= 4 is 39.1 Å². The maximum Gasteiger partial charge on any atom is 0.242 e. The molecule has 38 heavy (non-hydrogen) atoms. The lowest BCUT2D eigenvalue weighted by Gasteiger charge is -2.33. The molecule has 3 atom stereocenters. The molecule has 0 aromatic heterocycles. The molecule has 2 aromatic rings. The summed E-state index contributed by atoms with van der Waals surface area (Å²) in [5, 5.41) is 13.2. The largest absolute Gasteiger partial charge is 0.488 e. The molecule has 11 heteroatoms. The van der Waals surface area contributed by atoms with E-state index >= 15 is 0 Å². The van der Waals surface area contributed by atoms with Gasteiger partial charge in [-0.05, 0) is 62.2 Å². The van der Waals surface area contributed by atoms with Gasteiger partial charge in [0.2, 0.25) is 21.8 Å². The molecule has 0 spiro atoms. The van der Waals surface area contributed by atoms with Crippen molar-refractivity contribution in [2.45, 2.75) is 50.2 Å². The highest BCUT2D eigenvalue weighted by Gasteiger charge is 2.34. The Morgan fingerprint density at radius 1 is 1.24 bits per heavy atom. The Balaban J connectivity index is 1.64. The molecule has 1 aliphatic carbocycles. The van der Waals surface area contributed by atoms with Crippen molar-refractivity contribution in [3.05, 3.63) is 53.1 Å². The van der Waals surface area contributed by atoms with Crippen LogP contribution in [0.2, 0.25) is 5.02 Å². The first-order valence-corrected chi connectivity index (χ1v) is 14.5. The van der Waals surface area contributed by atoms with Crippen molar-refractivity contribution in [2.24, 2.45) is 11.8 Å². The first-order chi connectivity index (χ1) is 18.0. The van der Waals surface area contributed by atoms with E-state index in [1.807, 2.05) is 6.92 Å². The van der Waals surface area contributed by atoms with Gasteiger partial charge in [0, 0.05) is 41.7 Å². The minimum atomic E-state index is -3.83. The Hall–Kier alpha value is -2.66. The number of sulfonamides is 1. The fourth-order valence-corrected chi connectivity index (χ4v) is 5.76. The summed E-state index contributed by atoms with van der Waals surface area (Å²) in [6.07, 6.45) is 1.16. The maximum atomic E-state index is 13.3. The standard InChI is InChI=1S/C27H34ClN3O6S/c1-17-14-31(18(2)16-32)26(33)13-20-12-22(29-27(34)19-4-5-19)8-11-24(20)37-25(17)15-30(3)38(35,36)23-9-6-21(28)7-10-23/h6-12,17-19,25,32H,4-5,13-16H2,1-3H3,(H,29,34)/t17-,18-,25-/m1/s1. The van der Waals surface area contributed by atoms with E-state index in [4.69, 9.17) is 16.3 Å². The number of fused-ring (bicyclic) bond motifs is 1. The quantitative estimate of drug-likeness (QED) is 0.510. The summed E-state index contributed by atoms with van der Waals surface area (Å²) in [6.45, 7) is 3.76. The highest BCUT2D eigenvalue weighted by Crippen LogP contribution is 2.33. The van der Waals surface area contributed by atoms with Crippen LogP contribution in [0, 0.1) is 11.8 Å². The molecule has 0 unspecified atom stereocenters. The van der Waals surface area contributed by atoms with Crippen LogP contribution >= 0.6 is 11.6 Å². The number of carbonyl (C=O) groups is 2. The summed E-state index contributed by atoms with van der Waals surface area (Å²) in [5.41, 5.74) is 1.16. The molecule has 4 rings (SSSR count). The predicted molar refractivity (Wildman–Crippen MR) is 145 cm³/mol. The van der Waals surface area contributed by atoms with Crippen LogP contribution in [0.25, 0.3) is 0 Å². The number of aliphatic hydroxyl groups is 1. The van der Waals surface area contributed by atoms with Crippen LogP contribution in [0.3, 0.4) is 0 Å². The van der Waals surface area contributed by atoms with Crippen molar-refractivity contribution in [1.29, 1.82) is 0 Å². The SMILES string of the molecule is C[C@@H]1CN([C@H](C)CO)C(=O)Cc2cc(NC(=O)C3CC3)ccc2O[C@@H]1CN(C)S(=O)(=O)c1ccc(Cl)cc1. The number of hydrogen-bond donors (Lipinski definition) is 2. The van der Waals surface area contributed by atoms with Crippen molar-refractivity contribution in [1.82, 2.24) is 9.21 Å². The number of carbonyl (C=O) groups excluding carboxylic acids is 2. The van der Waals surface area contributed by atoms with Crippen molar-refractivity contribution in [2.75, 3.05) is 32.1 Å². The average molecular weight is 564 g/mol. The molecular formula is C27H34ClN3O6S. The number of amides is 2. The number of aliphatic hydroxyl groups excluding tert-OH is 1. The Bertz CT molecular complexity index is 1280. The zero-order valence-electron chi connectivity index (χ0n) is 21.8. The number of ether oxygens (including phenoxy) is 1. The lowest BCUT2D eigenvalue weighted by Crippen LogP contribution is -2.48. The van der Waals surface area contributed by atoms with E-state index in [0.717, 1.165) is 12.8 Å². The van der Waals surface area contributed by atoms with Gasteiger partial charge in [-0.2, -0.15) is 4.31 Å². The van der Waals surface area contributed by atoms with E-state index in [9.17, 15) is 23.1 Å². The second-order valence-electron chi connectivity index (χ2n) is 10.2. The molecule has 0 radical (unpaired) electrons. The van der Waals surface area contributed by atoms with Crippen LogP contribution in [-0.2, 0) is 26.0 Å². The second kappa shape index (κ2) is 11.6. The van der Waals surface area contributed by atoms with Crippen LogP contribution in [-0.4, -0.2) is 73.4 Å². The van der Waals surface area contributed by atoms with Crippen LogP contribution in [0.4, 0.5) is 5.69 Å². The summed E-state index contributed by atoms with van der Waals surface area (Å²) in [5.74, 6) is -0.0122. The molecule has 9 nitrogen and oxygen atoms in total. The number of rotatable bonds is 8. The Labute approximate surface area is 228 Å². The zero-order chi connectivity index (χ0) is 27.6. The molecule has 1 saturated carbocycles. The van der Waals surface area contributed by atoms with Gasteiger partial charge in [-0.25, -0.2) is 8.42 Å². The van der Waals surface area contributed by atoms with Crippen LogP contribution < -0.4 is 10.1 Å². The monoisotopic (exact) mass is 563 g/mol. The summed E-state index contributed by atoms with van der Waals surface area (Å²) in [4.78, 5) is 27.4. The van der Waals surface area contributed by atoms with Crippen LogP contribution in [0.1, 0.15) is 32.3 Å². The molecule has 2 amide bonds. The molecule has 1 aliphatic heterocycles. The lowest BCUT2D eigenvalue weighted by atomic mass is 10.0. The first kappa shape index (κ1) is 28.4. The highest BCUT2D eigenvalue weighted by molar-refractivity contribution is 7.89. The Morgan fingerprint density at radius 2 is 1.92 bits per heavy atom. The summed E-state index contributed by atoms with van der Waals surface area (Å²) in [6, 6.07) is 10.7. The summed E-state index contributed by atoms with van der Waals surface area (Å²) in [7, 11) is -2.34. The number of anilines is 1. The first-order valence-electron chi connectivity index (χ1n) is 12.7. The van der Waals surface area contributed by atoms with Crippen LogP contribution in [0.5, 0.6) is 5.75 Å². The summed E-state index contributed by atoms with van der Waals surface area (Å²) >= 11 is 5.93. The fourth-order valence-electron chi connectivity index (χ4n) is 4.45. The van der Waals surface area contributed by atoms with Crippen LogP contribution in [0.15, 0.2) is 47.4 Å². The third-order valence-corrected chi connectivity index (χ3v) is 9.18. The van der Waals surface area contributed by atoms with Gasteiger partial charge in [-0.15, -0.1) is 0 Å². The average Bonchev–Trinajstić information content (AvgIpc) is 3.72. The van der Waals surface area contributed by atoms with Gasteiger partial charge in [0.15, 0.2) is 0 Å². The minimum absolute atomic E-state index is 0.0190. The van der Waals surface area contributed by atoms with E-state index in [-0.39, 0.29) is 54.7 Å². The highest BCUT2D eigenvalue weighted by atomic mass is 35.5. The molecule has 2 aromatic carbocycles. The minimum Gasteiger partial charge on any atom is -0.488 e. The molecule has 1 heterocycles. The van der Waals surface area contributed by atoms with Crippen molar-refractivity contribution in [3.8, 4) is 5.75 Å². The van der Waals surface area contributed by atoms with Crippen molar-refractivity contribution in [3.63, 3.8) is 0 Å². The number of nitrogens with zero attached hydrogens (tertiary/aromatic N) is 2. The topological polar surface area (TPSA) is 116 Å². The smallest absolute Gasteiger partial charge is 0.242 e. The molecule has 1 fully saturated rings. The van der Waals surface area contributed by atoms with E-state index < -0.39 is 22.2 Å². The number of benzene rings is 2. The van der Waals surface area contributed by atoms with Crippen molar-refractivity contribution < 1.29 is 27.9 Å². The van der Waals surface area contributed by atoms with Gasteiger partial charge in [-0.1, -0.05) is 18.5 Å². The molecular weight excluding hydrogens is 530 g/mol. The van der Waals surface area contributed by atoms with Gasteiger partial charge >= 0.3 is 0 Å². The predicted octanol–water partition coefficient (Wildman–Crippen LogP) is 3.16. The van der Waals surface area contributed by atoms with Gasteiger partial charge in [0.25, 0.3) is 0 Å². The number of hydrogen-bond acceptors (Lipinski definition) is 6. The van der Waals surface area contributed by atoms with E-state index in [1.54, 1.807) is 30.0 Å². The molecule has 0 bridgehead atoms. The Kier molecular flexibility index (Phi) is 8.66. The van der Waals surface area contributed by atoms with E-state index in [0.29, 0.717) is 22.0 Å². The third-order valence-electron chi connectivity index (χ3n) is 7.09. The van der Waals surface area contributed by atoms with Gasteiger partial charge in [0.05, 0.1) is 30.5 Å². The van der Waals surface area contributed by atoms with E-state index in [1.165, 1.54) is 35.6 Å². The zero-order valence-corrected chi connectivity index (χ0v) is 23.3. The van der Waals surface area contributed by atoms with E-state index in [2.05, 4.69) is 5.32 Å². The summed E-state index contributed by atoms with van der Waals surface area (Å²) < 4.78 is 34.2. The van der Waals surface area contributed by atoms with Gasteiger partial charge < -0.3 is 20.1 Å². The number of likely N-dealkylation sites (N-methyl/N-ethyl adjacent to an activating group) is 1. The molecule has 2 aliphatic rings. The maximum absolute atomic E-state index is 13.3. The lowest BCUT2D eigenvalue weighted by molar-refractivity contribution is -0.134. The molecule has 0 saturated heterocycles. The fraction of sp³-hybridized carbons (Fsp3) is 0.481. The Morgan fingerprint density at radius 3 is 2.55 bits per heavy atom. The number of halogens is 1. The number of nitrogens with one attached hydrogen (secondary N) is 1. The molecule has 2 N–H and O–H groups in total.